The van der Waals surface area contributed by atoms with E-state index >= 15 is 0 Å². The third kappa shape index (κ3) is 2.89. The molecule has 1 N–H and O–H groups in total. The highest BCUT2D eigenvalue weighted by molar-refractivity contribution is 4.99. The first-order valence-electron chi connectivity index (χ1n) is 4.14. The molecule has 0 atom stereocenters. The summed E-state index contributed by atoms with van der Waals surface area (Å²) >= 11 is 0. The van der Waals surface area contributed by atoms with E-state index in [0.29, 0.717) is 31.9 Å². The number of nitrogens with zero attached hydrogens (tertiary/aromatic N) is 2. The maximum atomic E-state index is 11.8. The van der Waals surface area contributed by atoms with Gasteiger partial charge in [0.05, 0.1) is 11.6 Å². The first-order valence-corrected chi connectivity index (χ1v) is 4.14. The van der Waals surface area contributed by atoms with Crippen molar-refractivity contribution < 1.29 is 9.31 Å². The normalized spacial score (nSPS) is 19.2. The van der Waals surface area contributed by atoms with E-state index in [2.05, 4.69) is 5.32 Å². The number of alkyl halides is 1. The van der Waals surface area contributed by atoms with Crippen LogP contribution in [0.3, 0.4) is 0 Å². The Morgan fingerprint density at radius 2 is 2.54 bits per heavy atom. The van der Waals surface area contributed by atoms with Crippen LogP contribution in [0.4, 0.5) is 4.39 Å². The minimum Gasteiger partial charge on any atom is -0.365 e. The lowest BCUT2D eigenvalue weighted by atomic mass is 10.4. The van der Waals surface area contributed by atoms with Crippen LogP contribution in [-0.2, 0) is 0 Å². The summed E-state index contributed by atoms with van der Waals surface area (Å²) in [6, 6.07) is 0. The smallest absolute Gasteiger partial charge is 0.274 e. The third-order valence-electron chi connectivity index (χ3n) is 1.82. The first-order chi connectivity index (χ1) is 6.24. The minimum absolute atomic E-state index is 0.387. The third-order valence-corrected chi connectivity index (χ3v) is 1.82. The van der Waals surface area contributed by atoms with E-state index < -0.39 is 4.92 Å². The topological polar surface area (TPSA) is 58.4 Å². The molecule has 1 aliphatic heterocycles. The lowest BCUT2D eigenvalue weighted by Gasteiger charge is -2.15. The Labute approximate surface area is 75.4 Å². The second-order valence-corrected chi connectivity index (χ2v) is 2.76. The molecule has 1 fully saturated rings. The van der Waals surface area contributed by atoms with Gasteiger partial charge in [0.2, 0.25) is 0 Å². The molecule has 0 spiro atoms. The van der Waals surface area contributed by atoms with Gasteiger partial charge in [-0.3, -0.25) is 14.5 Å². The predicted molar refractivity (Wildman–Crippen MR) is 45.2 cm³/mol. The molecule has 1 heterocycles. The maximum absolute atomic E-state index is 11.8. The van der Waals surface area contributed by atoms with E-state index in [1.54, 1.807) is 4.90 Å². The fourth-order valence-corrected chi connectivity index (χ4v) is 1.26. The molecule has 6 heteroatoms. The standard InChI is InChI=1S/C7H12FN3O2/c8-2-1-4-10-5-3-9-7(10)6-11(12)13/h6,9H,1-5H2. The van der Waals surface area contributed by atoms with E-state index in [-0.39, 0.29) is 6.67 Å². The largest absolute Gasteiger partial charge is 0.365 e. The van der Waals surface area contributed by atoms with Gasteiger partial charge in [0, 0.05) is 19.6 Å². The van der Waals surface area contributed by atoms with Crippen molar-refractivity contribution in [2.24, 2.45) is 0 Å². The molecule has 0 radical (unpaired) electrons. The van der Waals surface area contributed by atoms with Gasteiger partial charge in [0.15, 0.2) is 5.82 Å². The Bertz CT molecular complexity index is 220. The molecule has 74 valence electrons. The number of hydrogen-bond acceptors (Lipinski definition) is 4. The van der Waals surface area contributed by atoms with E-state index in [4.69, 9.17) is 0 Å². The van der Waals surface area contributed by atoms with Gasteiger partial charge < -0.3 is 10.2 Å². The molecule has 0 aliphatic carbocycles. The zero-order valence-electron chi connectivity index (χ0n) is 7.20. The Morgan fingerprint density at radius 3 is 3.15 bits per heavy atom. The molecule has 0 aromatic carbocycles. The number of hydrogen-bond donors (Lipinski definition) is 1. The summed E-state index contributed by atoms with van der Waals surface area (Å²) in [7, 11) is 0. The molecule has 0 unspecified atom stereocenters. The summed E-state index contributed by atoms with van der Waals surface area (Å²) in [6.45, 7) is 1.54. The minimum atomic E-state index is -0.504. The lowest BCUT2D eigenvalue weighted by molar-refractivity contribution is -0.404. The van der Waals surface area contributed by atoms with Gasteiger partial charge in [0.1, 0.15) is 0 Å². The Kier molecular flexibility index (Phi) is 3.48. The van der Waals surface area contributed by atoms with Crippen LogP contribution in [0.5, 0.6) is 0 Å². The molecule has 0 aromatic rings. The van der Waals surface area contributed by atoms with Crippen molar-refractivity contribution in [3.63, 3.8) is 0 Å². The summed E-state index contributed by atoms with van der Waals surface area (Å²) < 4.78 is 11.8. The van der Waals surface area contributed by atoms with Crippen molar-refractivity contribution in [3.8, 4) is 0 Å². The van der Waals surface area contributed by atoms with Gasteiger partial charge in [-0.15, -0.1) is 0 Å². The van der Waals surface area contributed by atoms with Crippen molar-refractivity contribution in [3.05, 3.63) is 22.1 Å². The van der Waals surface area contributed by atoms with Crippen LogP contribution in [0, 0.1) is 10.1 Å². The predicted octanol–water partition coefficient (Wildman–Crippen LogP) is 0.327. The van der Waals surface area contributed by atoms with Crippen molar-refractivity contribution in [2.75, 3.05) is 26.3 Å². The van der Waals surface area contributed by atoms with Crippen LogP contribution in [-0.4, -0.2) is 36.1 Å². The monoisotopic (exact) mass is 189 g/mol. The van der Waals surface area contributed by atoms with Gasteiger partial charge in [0.25, 0.3) is 6.20 Å². The number of halogens is 1. The van der Waals surface area contributed by atoms with Crippen LogP contribution in [0.2, 0.25) is 0 Å². The second kappa shape index (κ2) is 4.64. The first kappa shape index (κ1) is 9.76. The number of nitrogens with one attached hydrogen (secondary N) is 1. The lowest BCUT2D eigenvalue weighted by Crippen LogP contribution is -2.22. The molecule has 5 nitrogen and oxygen atoms in total. The average molecular weight is 189 g/mol. The van der Waals surface area contributed by atoms with Crippen LogP contribution >= 0.6 is 0 Å². The zero-order valence-corrected chi connectivity index (χ0v) is 7.20. The van der Waals surface area contributed by atoms with Gasteiger partial charge in [-0.05, 0) is 6.42 Å². The summed E-state index contributed by atoms with van der Waals surface area (Å²) in [5, 5.41) is 13.0. The van der Waals surface area contributed by atoms with E-state index in [0.717, 1.165) is 6.20 Å². The fourth-order valence-electron chi connectivity index (χ4n) is 1.26. The van der Waals surface area contributed by atoms with Crippen molar-refractivity contribution >= 4 is 0 Å². The Morgan fingerprint density at radius 1 is 1.77 bits per heavy atom. The van der Waals surface area contributed by atoms with Crippen LogP contribution in [0.25, 0.3) is 0 Å². The van der Waals surface area contributed by atoms with Gasteiger partial charge in [-0.2, -0.15) is 0 Å². The maximum Gasteiger partial charge on any atom is 0.274 e. The Hall–Kier alpha value is -1.33. The Balaban J connectivity index is 2.48. The van der Waals surface area contributed by atoms with Crippen molar-refractivity contribution in [1.82, 2.24) is 10.2 Å². The summed E-state index contributed by atoms with van der Waals surface area (Å²) in [6.07, 6.45) is 1.34. The number of nitro groups is 1. The van der Waals surface area contributed by atoms with E-state index in [1.807, 2.05) is 0 Å². The average Bonchev–Trinajstić information content (AvgIpc) is 2.48. The second-order valence-electron chi connectivity index (χ2n) is 2.76. The highest BCUT2D eigenvalue weighted by Crippen LogP contribution is 2.07. The van der Waals surface area contributed by atoms with Gasteiger partial charge >= 0.3 is 0 Å². The van der Waals surface area contributed by atoms with Gasteiger partial charge in [-0.1, -0.05) is 0 Å². The molecule has 0 amide bonds. The van der Waals surface area contributed by atoms with Crippen LogP contribution in [0.15, 0.2) is 12.0 Å². The molecule has 0 bridgehead atoms. The zero-order chi connectivity index (χ0) is 9.68. The molecule has 1 saturated heterocycles. The quantitative estimate of drug-likeness (QED) is 0.511. The molecule has 0 saturated carbocycles. The molecule has 0 aromatic heterocycles. The highest BCUT2D eigenvalue weighted by atomic mass is 19.1. The summed E-state index contributed by atoms with van der Waals surface area (Å²) in [4.78, 5) is 11.4. The van der Waals surface area contributed by atoms with Crippen LogP contribution in [0.1, 0.15) is 6.42 Å². The van der Waals surface area contributed by atoms with Crippen molar-refractivity contribution in [2.45, 2.75) is 6.42 Å². The van der Waals surface area contributed by atoms with E-state index in [9.17, 15) is 14.5 Å². The molecular formula is C7H12FN3O2. The fraction of sp³-hybridized carbons (Fsp3) is 0.714. The summed E-state index contributed by atoms with van der Waals surface area (Å²) in [5.74, 6) is 0.485. The molecule has 1 aliphatic rings. The molecular weight excluding hydrogens is 177 g/mol. The van der Waals surface area contributed by atoms with E-state index in [1.165, 1.54) is 0 Å². The molecule has 13 heavy (non-hydrogen) atoms. The highest BCUT2D eigenvalue weighted by Gasteiger charge is 2.18. The SMILES string of the molecule is O=[N+]([O-])C=C1NCCN1CCCF. The number of rotatable bonds is 4. The molecule has 1 rings (SSSR count). The van der Waals surface area contributed by atoms with Gasteiger partial charge in [-0.25, -0.2) is 0 Å². The summed E-state index contributed by atoms with van der Waals surface area (Å²) in [5.41, 5.74) is 0. The van der Waals surface area contributed by atoms with Crippen molar-refractivity contribution in [1.29, 1.82) is 0 Å². The van der Waals surface area contributed by atoms with Crippen LogP contribution < -0.4 is 5.32 Å².